The molecule has 0 radical (unpaired) electrons. The van der Waals surface area contributed by atoms with Gasteiger partial charge in [0.15, 0.2) is 0 Å². The lowest BCUT2D eigenvalue weighted by atomic mass is 10.1. The molecule has 1 N–H and O–H groups in total. The van der Waals surface area contributed by atoms with E-state index in [2.05, 4.69) is 4.98 Å². The number of hydrogen-bond donors (Lipinski definition) is 1. The molecule has 2 aromatic carbocycles. The summed E-state index contributed by atoms with van der Waals surface area (Å²) in [4.78, 5) is 15.6. The largest absolute Gasteiger partial charge is 0.477 e. The van der Waals surface area contributed by atoms with Crippen LogP contribution in [-0.2, 0) is 0 Å². The number of benzene rings is 2. The zero-order chi connectivity index (χ0) is 17.1. The number of aromatic carboxylic acids is 1. The summed E-state index contributed by atoms with van der Waals surface area (Å²) in [6, 6.07) is 15.5. The van der Waals surface area contributed by atoms with Crippen molar-refractivity contribution in [3.8, 4) is 22.8 Å². The van der Waals surface area contributed by atoms with E-state index in [-0.39, 0.29) is 11.3 Å². The molecule has 1 heterocycles. The van der Waals surface area contributed by atoms with Gasteiger partial charge in [0.2, 0.25) is 0 Å². The van der Waals surface area contributed by atoms with Gasteiger partial charge in [-0.2, -0.15) is 0 Å². The molecule has 0 fully saturated rings. The third-order valence-corrected chi connectivity index (χ3v) is 3.82. The number of hydrogen-bond acceptors (Lipinski definition) is 3. The highest BCUT2D eigenvalue weighted by Gasteiger charge is 2.16. The summed E-state index contributed by atoms with van der Waals surface area (Å²) < 4.78 is 5.71. The highest BCUT2D eigenvalue weighted by Crippen LogP contribution is 2.33. The van der Waals surface area contributed by atoms with Gasteiger partial charge in [-0.05, 0) is 24.3 Å². The van der Waals surface area contributed by atoms with Crippen molar-refractivity contribution >= 4 is 29.2 Å². The van der Waals surface area contributed by atoms with E-state index in [0.717, 1.165) is 5.56 Å². The lowest BCUT2D eigenvalue weighted by molar-refractivity contribution is 0.0693. The van der Waals surface area contributed by atoms with Gasteiger partial charge in [0, 0.05) is 22.8 Å². The number of halogens is 2. The van der Waals surface area contributed by atoms with Crippen molar-refractivity contribution in [1.29, 1.82) is 0 Å². The summed E-state index contributed by atoms with van der Waals surface area (Å²) in [6.07, 6.45) is 1.25. The Morgan fingerprint density at radius 1 is 1.00 bits per heavy atom. The molecular formula is C18H11Cl2NO3. The smallest absolute Gasteiger partial charge is 0.341 e. The van der Waals surface area contributed by atoms with Crippen molar-refractivity contribution < 1.29 is 14.6 Å². The van der Waals surface area contributed by atoms with Crippen LogP contribution in [0.1, 0.15) is 10.4 Å². The van der Waals surface area contributed by atoms with Crippen LogP contribution in [0, 0.1) is 0 Å². The zero-order valence-corrected chi connectivity index (χ0v) is 13.8. The van der Waals surface area contributed by atoms with E-state index in [1.165, 1.54) is 6.20 Å². The van der Waals surface area contributed by atoms with Gasteiger partial charge in [0.25, 0.3) is 0 Å². The normalized spacial score (nSPS) is 10.4. The molecule has 6 heteroatoms. The van der Waals surface area contributed by atoms with Crippen molar-refractivity contribution in [3.63, 3.8) is 0 Å². The van der Waals surface area contributed by atoms with E-state index < -0.39 is 5.97 Å². The molecule has 0 aliphatic carbocycles. The Bertz CT molecular complexity index is 912. The molecule has 3 rings (SSSR count). The molecule has 24 heavy (non-hydrogen) atoms. The molecule has 0 aliphatic heterocycles. The Balaban J connectivity index is 2.07. The minimum Gasteiger partial charge on any atom is -0.477 e. The first-order valence-electron chi connectivity index (χ1n) is 6.96. The van der Waals surface area contributed by atoms with Crippen LogP contribution in [0.15, 0.2) is 60.8 Å². The Morgan fingerprint density at radius 2 is 1.79 bits per heavy atom. The fourth-order valence-electron chi connectivity index (χ4n) is 2.13. The van der Waals surface area contributed by atoms with Crippen LogP contribution < -0.4 is 4.74 Å². The topological polar surface area (TPSA) is 59.4 Å². The van der Waals surface area contributed by atoms with Gasteiger partial charge in [-0.1, -0.05) is 47.5 Å². The number of carboxylic acids is 1. The van der Waals surface area contributed by atoms with Crippen LogP contribution in [0.25, 0.3) is 11.3 Å². The Kier molecular flexibility index (Phi) is 4.69. The minimum absolute atomic E-state index is 0.0549. The van der Waals surface area contributed by atoms with Crippen LogP contribution in [0.5, 0.6) is 11.5 Å². The SMILES string of the molecule is O=C(O)c1cnc(-c2cccc(Cl)c2)cc1Oc1ccccc1Cl. The monoisotopic (exact) mass is 359 g/mol. The van der Waals surface area contributed by atoms with Gasteiger partial charge in [-0.25, -0.2) is 4.79 Å². The number of pyridine rings is 1. The molecule has 0 atom stereocenters. The summed E-state index contributed by atoms with van der Waals surface area (Å²) >= 11 is 12.1. The molecular weight excluding hydrogens is 349 g/mol. The Hall–Kier alpha value is -2.56. The standard InChI is InChI=1S/C18H11Cl2NO3/c19-12-5-3-4-11(8-12)15-9-17(13(10-21-15)18(22)23)24-16-7-2-1-6-14(16)20/h1-10H,(H,22,23). The van der Waals surface area contributed by atoms with Crippen molar-refractivity contribution in [2.75, 3.05) is 0 Å². The van der Waals surface area contributed by atoms with Crippen molar-refractivity contribution in [2.45, 2.75) is 0 Å². The number of nitrogens with zero attached hydrogens (tertiary/aromatic N) is 1. The lowest BCUT2D eigenvalue weighted by Crippen LogP contribution is -2.02. The average Bonchev–Trinajstić information content (AvgIpc) is 2.56. The summed E-state index contributed by atoms with van der Waals surface area (Å²) in [5, 5.41) is 10.3. The summed E-state index contributed by atoms with van der Waals surface area (Å²) in [7, 11) is 0. The second-order valence-electron chi connectivity index (χ2n) is 4.91. The van der Waals surface area contributed by atoms with Crippen LogP contribution >= 0.6 is 23.2 Å². The number of rotatable bonds is 4. The maximum Gasteiger partial charge on any atom is 0.341 e. The number of ether oxygens (including phenoxy) is 1. The van der Waals surface area contributed by atoms with Crippen LogP contribution in [0.2, 0.25) is 10.0 Å². The van der Waals surface area contributed by atoms with Gasteiger partial charge in [-0.3, -0.25) is 4.98 Å². The van der Waals surface area contributed by atoms with Crippen molar-refractivity contribution in [2.24, 2.45) is 0 Å². The van der Waals surface area contributed by atoms with Crippen LogP contribution in [-0.4, -0.2) is 16.1 Å². The van der Waals surface area contributed by atoms with E-state index >= 15 is 0 Å². The third-order valence-electron chi connectivity index (χ3n) is 3.27. The van der Waals surface area contributed by atoms with E-state index in [0.29, 0.717) is 21.5 Å². The maximum absolute atomic E-state index is 11.4. The molecule has 0 amide bonds. The summed E-state index contributed by atoms with van der Waals surface area (Å²) in [5.41, 5.74) is 1.24. The first kappa shape index (κ1) is 16.3. The second kappa shape index (κ2) is 6.91. The van der Waals surface area contributed by atoms with Gasteiger partial charge >= 0.3 is 5.97 Å². The van der Waals surface area contributed by atoms with Gasteiger partial charge in [0.1, 0.15) is 17.1 Å². The van der Waals surface area contributed by atoms with Crippen molar-refractivity contribution in [3.05, 3.63) is 76.4 Å². The van der Waals surface area contributed by atoms with E-state index in [1.807, 2.05) is 6.07 Å². The second-order valence-corrected chi connectivity index (χ2v) is 5.76. The predicted molar refractivity (Wildman–Crippen MR) is 93.2 cm³/mol. The average molecular weight is 360 g/mol. The summed E-state index contributed by atoms with van der Waals surface area (Å²) in [6.45, 7) is 0. The molecule has 0 unspecified atom stereocenters. The fraction of sp³-hybridized carbons (Fsp3) is 0. The molecule has 120 valence electrons. The first-order valence-corrected chi connectivity index (χ1v) is 7.72. The minimum atomic E-state index is -1.14. The fourth-order valence-corrected chi connectivity index (χ4v) is 2.50. The van der Waals surface area contributed by atoms with E-state index in [1.54, 1.807) is 48.5 Å². The van der Waals surface area contributed by atoms with E-state index in [9.17, 15) is 9.90 Å². The summed E-state index contributed by atoms with van der Waals surface area (Å²) in [5.74, 6) is -0.618. The van der Waals surface area contributed by atoms with Crippen molar-refractivity contribution in [1.82, 2.24) is 4.98 Å². The van der Waals surface area contributed by atoms with Gasteiger partial charge in [0.05, 0.1) is 10.7 Å². The Labute approximate surface area is 148 Å². The first-order chi connectivity index (χ1) is 11.5. The van der Waals surface area contributed by atoms with E-state index in [4.69, 9.17) is 27.9 Å². The predicted octanol–water partition coefficient (Wildman–Crippen LogP) is 5.55. The highest BCUT2D eigenvalue weighted by atomic mass is 35.5. The maximum atomic E-state index is 11.4. The third kappa shape index (κ3) is 3.50. The molecule has 1 aromatic heterocycles. The molecule has 0 saturated heterocycles. The van der Waals surface area contributed by atoms with Gasteiger partial charge < -0.3 is 9.84 Å². The molecule has 4 nitrogen and oxygen atoms in total. The molecule has 0 saturated carbocycles. The molecule has 3 aromatic rings. The zero-order valence-electron chi connectivity index (χ0n) is 12.2. The molecule has 0 aliphatic rings. The molecule has 0 bridgehead atoms. The molecule has 0 spiro atoms. The van der Waals surface area contributed by atoms with Crippen LogP contribution in [0.3, 0.4) is 0 Å². The van der Waals surface area contributed by atoms with Gasteiger partial charge in [-0.15, -0.1) is 0 Å². The number of carboxylic acid groups (broad SMARTS) is 1. The number of aromatic nitrogens is 1. The number of carbonyl (C=O) groups is 1. The quantitative estimate of drug-likeness (QED) is 0.663. The Morgan fingerprint density at radius 3 is 2.50 bits per heavy atom. The van der Waals surface area contributed by atoms with Crippen LogP contribution in [0.4, 0.5) is 0 Å². The number of para-hydroxylation sites is 1. The lowest BCUT2D eigenvalue weighted by Gasteiger charge is -2.11. The highest BCUT2D eigenvalue weighted by molar-refractivity contribution is 6.32.